The number of hydrogen-bond donors (Lipinski definition) is 2. The molecule has 2 heterocycles. The predicted octanol–water partition coefficient (Wildman–Crippen LogP) is 1.84. The number of hydrogen-bond acceptors (Lipinski definition) is 4. The molecule has 2 atom stereocenters. The summed E-state index contributed by atoms with van der Waals surface area (Å²) >= 11 is 0. The molecular formula is C19H28N6O. The fourth-order valence-corrected chi connectivity index (χ4v) is 3.13. The molecule has 0 bridgehead atoms. The van der Waals surface area contributed by atoms with Crippen molar-refractivity contribution in [3.8, 4) is 5.75 Å². The third-order valence-corrected chi connectivity index (χ3v) is 4.51. The summed E-state index contributed by atoms with van der Waals surface area (Å²) in [6.07, 6.45) is 1.99. The number of benzene rings is 1. The number of ether oxygens (including phenoxy) is 1. The Kier molecular flexibility index (Phi) is 5.75. The molecule has 0 saturated heterocycles. The topological polar surface area (TPSA) is 76.4 Å². The van der Waals surface area contributed by atoms with Gasteiger partial charge in [-0.2, -0.15) is 5.10 Å². The predicted molar refractivity (Wildman–Crippen MR) is 103 cm³/mol. The van der Waals surface area contributed by atoms with E-state index < -0.39 is 0 Å². The van der Waals surface area contributed by atoms with Crippen LogP contribution in [0, 0.1) is 13.8 Å². The van der Waals surface area contributed by atoms with Crippen LogP contribution in [0.5, 0.6) is 5.75 Å². The van der Waals surface area contributed by atoms with Gasteiger partial charge in [-0.3, -0.25) is 4.99 Å². The Bertz CT molecular complexity index is 769. The second kappa shape index (κ2) is 8.21. The Labute approximate surface area is 154 Å². The van der Waals surface area contributed by atoms with Crippen molar-refractivity contribution in [1.82, 2.24) is 25.4 Å². The zero-order valence-corrected chi connectivity index (χ0v) is 16.0. The zero-order chi connectivity index (χ0) is 18.5. The van der Waals surface area contributed by atoms with E-state index in [1.807, 2.05) is 29.8 Å². The van der Waals surface area contributed by atoms with E-state index >= 15 is 0 Å². The van der Waals surface area contributed by atoms with Gasteiger partial charge in [0.25, 0.3) is 0 Å². The molecule has 1 aliphatic rings. The van der Waals surface area contributed by atoms with Crippen molar-refractivity contribution in [3.63, 3.8) is 0 Å². The first-order chi connectivity index (χ1) is 12.5. The second-order valence-corrected chi connectivity index (χ2v) is 6.78. The molecule has 0 radical (unpaired) electrons. The van der Waals surface area contributed by atoms with E-state index in [-0.39, 0.29) is 6.10 Å². The van der Waals surface area contributed by atoms with Crippen LogP contribution in [0.25, 0.3) is 0 Å². The molecule has 0 saturated carbocycles. The minimum Gasteiger partial charge on any atom is -0.489 e. The summed E-state index contributed by atoms with van der Waals surface area (Å²) in [6, 6.07) is 8.36. The van der Waals surface area contributed by atoms with Crippen molar-refractivity contribution in [1.29, 1.82) is 0 Å². The van der Waals surface area contributed by atoms with Gasteiger partial charge < -0.3 is 15.4 Å². The molecule has 0 aliphatic carbocycles. The molecule has 26 heavy (non-hydrogen) atoms. The van der Waals surface area contributed by atoms with Gasteiger partial charge in [-0.1, -0.05) is 18.2 Å². The molecule has 7 heteroatoms. The number of nitrogens with one attached hydrogen (secondary N) is 2. The molecule has 0 spiro atoms. The lowest BCUT2D eigenvalue weighted by molar-refractivity contribution is 0.222. The molecule has 1 aliphatic heterocycles. The first-order valence-electron chi connectivity index (χ1n) is 9.15. The first kappa shape index (κ1) is 18.2. The number of guanidine groups is 1. The van der Waals surface area contributed by atoms with Crippen molar-refractivity contribution >= 4 is 5.96 Å². The Morgan fingerprint density at radius 2 is 2.19 bits per heavy atom. The van der Waals surface area contributed by atoms with Crippen LogP contribution in [0.1, 0.15) is 30.6 Å². The average Bonchev–Trinajstić information content (AvgIpc) is 2.99. The van der Waals surface area contributed by atoms with Crippen LogP contribution in [0.15, 0.2) is 29.3 Å². The highest BCUT2D eigenvalue weighted by molar-refractivity contribution is 5.80. The van der Waals surface area contributed by atoms with Gasteiger partial charge in [0.15, 0.2) is 5.96 Å². The summed E-state index contributed by atoms with van der Waals surface area (Å²) < 4.78 is 8.01. The van der Waals surface area contributed by atoms with Crippen molar-refractivity contribution in [3.05, 3.63) is 41.5 Å². The molecule has 2 unspecified atom stereocenters. The Hall–Kier alpha value is -2.57. The van der Waals surface area contributed by atoms with Gasteiger partial charge in [-0.15, -0.1) is 0 Å². The van der Waals surface area contributed by atoms with Gasteiger partial charge in [0.1, 0.15) is 23.5 Å². The minimum atomic E-state index is 0.0329. The van der Waals surface area contributed by atoms with E-state index in [1.165, 1.54) is 0 Å². The lowest BCUT2D eigenvalue weighted by Crippen LogP contribution is -2.48. The molecule has 1 aromatic heterocycles. The van der Waals surface area contributed by atoms with E-state index in [9.17, 15) is 0 Å². The van der Waals surface area contributed by atoms with Crippen molar-refractivity contribution < 1.29 is 4.74 Å². The quantitative estimate of drug-likeness (QED) is 0.631. The van der Waals surface area contributed by atoms with Crippen LogP contribution in [0.4, 0.5) is 0 Å². The molecule has 2 aromatic rings. The van der Waals surface area contributed by atoms with Crippen molar-refractivity contribution in [2.24, 2.45) is 4.99 Å². The van der Waals surface area contributed by atoms with E-state index in [1.54, 1.807) is 7.05 Å². The SMILES string of the molecule is CN=C(NCC(C)Oc1ccccc1C)NC1CCc2nc(C)nn2C1. The number of fused-ring (bicyclic) bond motifs is 1. The zero-order valence-electron chi connectivity index (χ0n) is 16.0. The monoisotopic (exact) mass is 356 g/mol. The molecule has 0 amide bonds. The maximum absolute atomic E-state index is 6.01. The number of aryl methyl sites for hydroxylation is 3. The van der Waals surface area contributed by atoms with Gasteiger partial charge in [-0.25, -0.2) is 9.67 Å². The summed E-state index contributed by atoms with van der Waals surface area (Å²) in [6.45, 7) is 7.53. The Balaban J connectivity index is 1.48. The van der Waals surface area contributed by atoms with Gasteiger partial charge in [0.05, 0.1) is 13.1 Å². The normalized spacial score (nSPS) is 18.2. The van der Waals surface area contributed by atoms with Crippen molar-refractivity contribution in [2.75, 3.05) is 13.6 Å². The van der Waals surface area contributed by atoms with E-state index in [0.29, 0.717) is 12.6 Å². The van der Waals surface area contributed by atoms with Gasteiger partial charge in [0.2, 0.25) is 0 Å². The van der Waals surface area contributed by atoms with Gasteiger partial charge in [0, 0.05) is 19.5 Å². The second-order valence-electron chi connectivity index (χ2n) is 6.78. The van der Waals surface area contributed by atoms with Crippen LogP contribution < -0.4 is 15.4 Å². The first-order valence-corrected chi connectivity index (χ1v) is 9.15. The summed E-state index contributed by atoms with van der Waals surface area (Å²) in [7, 11) is 1.79. The van der Waals surface area contributed by atoms with Gasteiger partial charge in [-0.05, 0) is 38.8 Å². The molecule has 0 fully saturated rings. The van der Waals surface area contributed by atoms with Crippen LogP contribution in [0.3, 0.4) is 0 Å². The van der Waals surface area contributed by atoms with E-state index in [2.05, 4.69) is 45.6 Å². The lowest BCUT2D eigenvalue weighted by Gasteiger charge is -2.26. The molecule has 2 N–H and O–H groups in total. The molecule has 7 nitrogen and oxygen atoms in total. The molecule has 1 aromatic carbocycles. The maximum Gasteiger partial charge on any atom is 0.191 e. The van der Waals surface area contributed by atoms with Crippen LogP contribution in [0.2, 0.25) is 0 Å². The Morgan fingerprint density at radius 3 is 2.96 bits per heavy atom. The standard InChI is InChI=1S/C19H28N6O/c1-13-7-5-6-8-17(13)26-14(2)11-21-19(20-4)23-16-9-10-18-22-15(3)24-25(18)12-16/h5-8,14,16H,9-12H2,1-4H3,(H2,20,21,23). The molecule has 3 rings (SSSR count). The molecule has 140 valence electrons. The van der Waals surface area contributed by atoms with Crippen molar-refractivity contribution in [2.45, 2.75) is 52.3 Å². The smallest absolute Gasteiger partial charge is 0.191 e. The summed E-state index contributed by atoms with van der Waals surface area (Å²) in [4.78, 5) is 8.79. The molecular weight excluding hydrogens is 328 g/mol. The highest BCUT2D eigenvalue weighted by Crippen LogP contribution is 2.17. The van der Waals surface area contributed by atoms with Crippen LogP contribution in [-0.4, -0.2) is 46.5 Å². The fourth-order valence-electron chi connectivity index (χ4n) is 3.13. The summed E-state index contributed by atoms with van der Waals surface area (Å²) in [5, 5.41) is 11.3. The lowest BCUT2D eigenvalue weighted by atomic mass is 10.1. The highest BCUT2D eigenvalue weighted by atomic mass is 16.5. The average molecular weight is 356 g/mol. The number of rotatable bonds is 5. The number of aliphatic imine (C=N–C) groups is 1. The van der Waals surface area contributed by atoms with E-state index in [0.717, 1.165) is 48.3 Å². The third kappa shape index (κ3) is 4.53. The van der Waals surface area contributed by atoms with E-state index in [4.69, 9.17) is 4.74 Å². The van der Waals surface area contributed by atoms with Gasteiger partial charge >= 0.3 is 0 Å². The summed E-state index contributed by atoms with van der Waals surface area (Å²) in [5.74, 6) is 3.62. The summed E-state index contributed by atoms with van der Waals surface area (Å²) in [5.41, 5.74) is 1.14. The largest absolute Gasteiger partial charge is 0.489 e. The fraction of sp³-hybridized carbons (Fsp3) is 0.526. The maximum atomic E-state index is 6.01. The minimum absolute atomic E-state index is 0.0329. The number of aromatic nitrogens is 3. The highest BCUT2D eigenvalue weighted by Gasteiger charge is 2.21. The Morgan fingerprint density at radius 1 is 1.38 bits per heavy atom. The van der Waals surface area contributed by atoms with Crippen LogP contribution >= 0.6 is 0 Å². The van der Waals surface area contributed by atoms with Crippen LogP contribution in [-0.2, 0) is 13.0 Å². The third-order valence-electron chi connectivity index (χ3n) is 4.51. The number of para-hydroxylation sites is 1. The number of nitrogens with zero attached hydrogens (tertiary/aromatic N) is 4.